The standard InChI is InChI=1S/C10H13F2NO2/c1-6(5-14)13-4-7-2-8(11)10(15)9(12)3-7/h2-3,6,13-15H,4-5H2,1H3/t6-/m0/s1. The molecule has 3 N–H and O–H groups in total. The van der Waals surface area contributed by atoms with Crippen LogP contribution in [0.2, 0.25) is 0 Å². The highest BCUT2D eigenvalue weighted by atomic mass is 19.1. The van der Waals surface area contributed by atoms with Crippen LogP contribution in [0.1, 0.15) is 12.5 Å². The lowest BCUT2D eigenvalue weighted by Crippen LogP contribution is -2.28. The van der Waals surface area contributed by atoms with E-state index in [0.717, 1.165) is 12.1 Å². The van der Waals surface area contributed by atoms with Crippen LogP contribution < -0.4 is 5.32 Å². The number of nitrogens with one attached hydrogen (secondary N) is 1. The summed E-state index contributed by atoms with van der Waals surface area (Å²) in [5.41, 5.74) is 0.378. The van der Waals surface area contributed by atoms with Crippen LogP contribution in [0.25, 0.3) is 0 Å². The van der Waals surface area contributed by atoms with E-state index in [-0.39, 0.29) is 19.2 Å². The largest absolute Gasteiger partial charge is 0.503 e. The first kappa shape index (κ1) is 11.9. The third kappa shape index (κ3) is 3.14. The molecule has 15 heavy (non-hydrogen) atoms. The molecule has 0 amide bonds. The molecule has 5 heteroatoms. The summed E-state index contributed by atoms with van der Waals surface area (Å²) in [6, 6.07) is 1.95. The summed E-state index contributed by atoms with van der Waals surface area (Å²) in [6.07, 6.45) is 0. The van der Waals surface area contributed by atoms with E-state index in [2.05, 4.69) is 5.32 Å². The minimum Gasteiger partial charge on any atom is -0.503 e. The topological polar surface area (TPSA) is 52.5 Å². The van der Waals surface area contributed by atoms with Gasteiger partial charge < -0.3 is 15.5 Å². The number of phenols is 1. The van der Waals surface area contributed by atoms with Crippen LogP contribution in [-0.4, -0.2) is 22.9 Å². The Bertz CT molecular complexity index is 321. The van der Waals surface area contributed by atoms with Crippen molar-refractivity contribution in [2.24, 2.45) is 0 Å². The average molecular weight is 217 g/mol. The predicted octanol–water partition coefficient (Wildman–Crippen LogP) is 1.14. The van der Waals surface area contributed by atoms with Gasteiger partial charge in [-0.2, -0.15) is 0 Å². The van der Waals surface area contributed by atoms with Crippen LogP contribution in [0.3, 0.4) is 0 Å². The van der Waals surface area contributed by atoms with Crippen molar-refractivity contribution in [3.8, 4) is 5.75 Å². The number of aliphatic hydroxyl groups is 1. The van der Waals surface area contributed by atoms with Gasteiger partial charge in [0.2, 0.25) is 0 Å². The van der Waals surface area contributed by atoms with E-state index in [1.54, 1.807) is 6.92 Å². The number of aromatic hydroxyl groups is 1. The monoisotopic (exact) mass is 217 g/mol. The van der Waals surface area contributed by atoms with E-state index in [9.17, 15) is 8.78 Å². The highest BCUT2D eigenvalue weighted by Crippen LogP contribution is 2.21. The first-order valence-corrected chi connectivity index (χ1v) is 4.55. The fourth-order valence-electron chi connectivity index (χ4n) is 1.08. The van der Waals surface area contributed by atoms with Crippen molar-refractivity contribution in [2.75, 3.05) is 6.61 Å². The Kier molecular flexibility index (Phi) is 3.99. The van der Waals surface area contributed by atoms with Crippen molar-refractivity contribution in [3.63, 3.8) is 0 Å². The van der Waals surface area contributed by atoms with Crippen molar-refractivity contribution in [3.05, 3.63) is 29.3 Å². The molecule has 0 unspecified atom stereocenters. The van der Waals surface area contributed by atoms with Gasteiger partial charge in [0.05, 0.1) is 6.61 Å². The molecule has 1 rings (SSSR count). The summed E-state index contributed by atoms with van der Waals surface area (Å²) in [6.45, 7) is 1.92. The van der Waals surface area contributed by atoms with Gasteiger partial charge in [0.15, 0.2) is 17.4 Å². The summed E-state index contributed by atoms with van der Waals surface area (Å²) in [4.78, 5) is 0. The van der Waals surface area contributed by atoms with E-state index in [4.69, 9.17) is 10.2 Å². The molecular formula is C10H13F2NO2. The smallest absolute Gasteiger partial charge is 0.187 e. The van der Waals surface area contributed by atoms with Gasteiger partial charge in [0, 0.05) is 12.6 Å². The average Bonchev–Trinajstić information content (AvgIpc) is 2.22. The van der Waals surface area contributed by atoms with Crippen LogP contribution in [-0.2, 0) is 6.54 Å². The maximum Gasteiger partial charge on any atom is 0.187 e. The molecule has 0 saturated heterocycles. The van der Waals surface area contributed by atoms with Crippen LogP contribution in [0.5, 0.6) is 5.75 Å². The predicted molar refractivity (Wildman–Crippen MR) is 51.4 cm³/mol. The molecule has 0 aliphatic carbocycles. The van der Waals surface area contributed by atoms with Crippen LogP contribution >= 0.6 is 0 Å². The molecule has 1 atom stereocenters. The Morgan fingerprint density at radius 2 is 1.87 bits per heavy atom. The van der Waals surface area contributed by atoms with Gasteiger partial charge in [0.25, 0.3) is 0 Å². The SMILES string of the molecule is C[C@@H](CO)NCc1cc(F)c(O)c(F)c1. The molecule has 0 fully saturated rings. The van der Waals surface area contributed by atoms with Crippen molar-refractivity contribution in [1.29, 1.82) is 0 Å². The maximum absolute atomic E-state index is 12.9. The molecular weight excluding hydrogens is 204 g/mol. The van der Waals surface area contributed by atoms with E-state index >= 15 is 0 Å². The summed E-state index contributed by atoms with van der Waals surface area (Å²) in [7, 11) is 0. The highest BCUT2D eigenvalue weighted by molar-refractivity contribution is 5.29. The molecule has 84 valence electrons. The molecule has 0 aliphatic heterocycles. The van der Waals surface area contributed by atoms with Gasteiger partial charge >= 0.3 is 0 Å². The van der Waals surface area contributed by atoms with E-state index in [0.29, 0.717) is 5.56 Å². The van der Waals surface area contributed by atoms with Crippen molar-refractivity contribution in [1.82, 2.24) is 5.32 Å². The Balaban J connectivity index is 2.70. The van der Waals surface area contributed by atoms with Gasteiger partial charge in [-0.15, -0.1) is 0 Å². The van der Waals surface area contributed by atoms with Gasteiger partial charge in [-0.25, -0.2) is 8.78 Å². The third-order valence-electron chi connectivity index (χ3n) is 2.01. The number of hydrogen-bond donors (Lipinski definition) is 3. The lowest BCUT2D eigenvalue weighted by atomic mass is 10.2. The molecule has 1 aromatic rings. The zero-order chi connectivity index (χ0) is 11.4. The summed E-state index contributed by atoms with van der Waals surface area (Å²) < 4.78 is 25.8. The van der Waals surface area contributed by atoms with Gasteiger partial charge in [-0.1, -0.05) is 0 Å². The van der Waals surface area contributed by atoms with Gasteiger partial charge in [-0.05, 0) is 24.6 Å². The fraction of sp³-hybridized carbons (Fsp3) is 0.400. The van der Waals surface area contributed by atoms with Crippen molar-refractivity contribution in [2.45, 2.75) is 19.5 Å². The second kappa shape index (κ2) is 5.04. The third-order valence-corrected chi connectivity index (χ3v) is 2.01. The first-order valence-electron chi connectivity index (χ1n) is 4.55. The Labute approximate surface area is 86.4 Å². The van der Waals surface area contributed by atoms with E-state index in [1.807, 2.05) is 0 Å². The lowest BCUT2D eigenvalue weighted by Gasteiger charge is -2.10. The number of hydrogen-bond acceptors (Lipinski definition) is 3. The summed E-state index contributed by atoms with van der Waals surface area (Å²) in [5, 5.41) is 20.4. The van der Waals surface area contributed by atoms with Crippen LogP contribution in [0.15, 0.2) is 12.1 Å². The van der Waals surface area contributed by atoms with Crippen LogP contribution in [0, 0.1) is 11.6 Å². The number of rotatable bonds is 4. The number of benzene rings is 1. The molecule has 0 bridgehead atoms. The van der Waals surface area contributed by atoms with Gasteiger partial charge in [0.1, 0.15) is 0 Å². The zero-order valence-corrected chi connectivity index (χ0v) is 8.30. The lowest BCUT2D eigenvalue weighted by molar-refractivity contribution is 0.251. The minimum absolute atomic E-state index is 0.0525. The number of halogens is 2. The first-order chi connectivity index (χ1) is 7.04. The maximum atomic E-state index is 12.9. The summed E-state index contributed by atoms with van der Waals surface area (Å²) in [5.74, 6) is -2.93. The molecule has 0 saturated carbocycles. The number of phenolic OH excluding ortho intramolecular Hbond substituents is 1. The molecule has 3 nitrogen and oxygen atoms in total. The Morgan fingerprint density at radius 1 is 1.33 bits per heavy atom. The zero-order valence-electron chi connectivity index (χ0n) is 8.30. The minimum atomic E-state index is -0.983. The molecule has 0 heterocycles. The van der Waals surface area contributed by atoms with Crippen molar-refractivity contribution < 1.29 is 19.0 Å². The molecule has 0 aromatic heterocycles. The normalized spacial score (nSPS) is 12.8. The van der Waals surface area contributed by atoms with E-state index in [1.165, 1.54) is 0 Å². The Morgan fingerprint density at radius 3 is 2.33 bits per heavy atom. The van der Waals surface area contributed by atoms with Gasteiger partial charge in [-0.3, -0.25) is 0 Å². The second-order valence-corrected chi connectivity index (χ2v) is 3.37. The fourth-order valence-corrected chi connectivity index (χ4v) is 1.08. The Hall–Kier alpha value is -1.20. The molecule has 0 radical (unpaired) electrons. The molecule has 1 aromatic carbocycles. The summed E-state index contributed by atoms with van der Waals surface area (Å²) >= 11 is 0. The highest BCUT2D eigenvalue weighted by Gasteiger charge is 2.09. The van der Waals surface area contributed by atoms with E-state index < -0.39 is 17.4 Å². The number of aliphatic hydroxyl groups excluding tert-OH is 1. The van der Waals surface area contributed by atoms with Crippen LogP contribution in [0.4, 0.5) is 8.78 Å². The molecule has 0 spiro atoms. The second-order valence-electron chi connectivity index (χ2n) is 3.37. The molecule has 0 aliphatic rings. The van der Waals surface area contributed by atoms with Crippen molar-refractivity contribution >= 4 is 0 Å². The quantitative estimate of drug-likeness (QED) is 0.709.